The van der Waals surface area contributed by atoms with Gasteiger partial charge in [-0.3, -0.25) is 4.99 Å². The molecule has 2 N–H and O–H groups in total. The van der Waals surface area contributed by atoms with Crippen molar-refractivity contribution in [3.63, 3.8) is 0 Å². The van der Waals surface area contributed by atoms with Gasteiger partial charge < -0.3 is 25.2 Å². The van der Waals surface area contributed by atoms with Crippen LogP contribution in [0.25, 0.3) is 0 Å². The van der Waals surface area contributed by atoms with Crippen LogP contribution in [-0.2, 0) is 0 Å². The number of likely N-dealkylation sites (N-methyl/N-ethyl adjacent to an activating group) is 1. The summed E-state index contributed by atoms with van der Waals surface area (Å²) in [6.45, 7) is 14.1. The van der Waals surface area contributed by atoms with E-state index in [2.05, 4.69) is 39.3 Å². The smallest absolute Gasteiger partial charge is 0.190 e. The van der Waals surface area contributed by atoms with Crippen LogP contribution in [0.3, 0.4) is 0 Å². The van der Waals surface area contributed by atoms with Crippen molar-refractivity contribution < 1.29 is 4.74 Å². The van der Waals surface area contributed by atoms with Crippen molar-refractivity contribution >= 4 is 29.9 Å². The highest BCUT2D eigenvalue weighted by atomic mass is 127. The minimum atomic E-state index is 0. The zero-order valence-electron chi connectivity index (χ0n) is 17.7. The van der Waals surface area contributed by atoms with Crippen molar-refractivity contribution in [2.45, 2.75) is 20.3 Å². The van der Waals surface area contributed by atoms with Gasteiger partial charge in [0.05, 0.1) is 6.61 Å². The number of nitrogens with one attached hydrogen (secondary N) is 2. The Balaban J connectivity index is 0.00000392. The first-order chi connectivity index (χ1) is 13.2. The van der Waals surface area contributed by atoms with Gasteiger partial charge >= 0.3 is 0 Å². The van der Waals surface area contributed by atoms with E-state index < -0.39 is 0 Å². The lowest BCUT2D eigenvalue weighted by atomic mass is 10.1. The molecule has 28 heavy (non-hydrogen) atoms. The Morgan fingerprint density at radius 1 is 1.11 bits per heavy atom. The Bertz CT molecular complexity index is 535. The second kappa shape index (κ2) is 14.9. The van der Waals surface area contributed by atoms with E-state index in [0.717, 1.165) is 37.8 Å². The molecule has 1 heterocycles. The fraction of sp³-hybridized carbons (Fsp3) is 0.667. The molecule has 160 valence electrons. The number of rotatable bonds is 10. The van der Waals surface area contributed by atoms with Crippen LogP contribution >= 0.6 is 24.0 Å². The van der Waals surface area contributed by atoms with E-state index in [1.807, 2.05) is 37.4 Å². The lowest BCUT2D eigenvalue weighted by Crippen LogP contribution is -2.48. The van der Waals surface area contributed by atoms with Crippen LogP contribution < -0.4 is 15.4 Å². The Hall–Kier alpha value is -1.06. The fourth-order valence-electron chi connectivity index (χ4n) is 3.27. The van der Waals surface area contributed by atoms with Gasteiger partial charge in [0, 0.05) is 52.9 Å². The molecule has 2 rings (SSSR count). The van der Waals surface area contributed by atoms with Crippen LogP contribution in [0.15, 0.2) is 35.3 Å². The lowest BCUT2D eigenvalue weighted by Gasteiger charge is -2.35. The molecule has 0 aliphatic carbocycles. The highest BCUT2D eigenvalue weighted by Crippen LogP contribution is 2.08. The molecule has 1 saturated heterocycles. The average Bonchev–Trinajstić information content (AvgIpc) is 2.71. The molecule has 7 heteroatoms. The van der Waals surface area contributed by atoms with E-state index in [-0.39, 0.29) is 24.0 Å². The first-order valence-corrected chi connectivity index (χ1v) is 10.3. The summed E-state index contributed by atoms with van der Waals surface area (Å²) in [6.07, 6.45) is 0.937. The first kappa shape index (κ1) is 25.0. The summed E-state index contributed by atoms with van der Waals surface area (Å²) in [5.74, 6) is 2.39. The number of halogens is 1. The zero-order valence-corrected chi connectivity index (χ0v) is 20.0. The molecule has 1 aliphatic rings. The van der Waals surface area contributed by atoms with E-state index in [0.29, 0.717) is 12.5 Å². The van der Waals surface area contributed by atoms with Gasteiger partial charge in [-0.25, -0.2) is 0 Å². The van der Waals surface area contributed by atoms with Gasteiger partial charge in [0.1, 0.15) is 5.75 Å². The SMILES string of the molecule is CCN1CCN(CC(C)CNC(=NC)NCCCOc2ccccc2)CC1.I. The normalized spacial score (nSPS) is 16.9. The Kier molecular flexibility index (Phi) is 13.3. The van der Waals surface area contributed by atoms with Crippen molar-refractivity contribution in [3.8, 4) is 5.75 Å². The van der Waals surface area contributed by atoms with Crippen LogP contribution in [0.5, 0.6) is 5.75 Å². The van der Waals surface area contributed by atoms with Gasteiger partial charge in [-0.05, 0) is 31.0 Å². The highest BCUT2D eigenvalue weighted by Gasteiger charge is 2.17. The quantitative estimate of drug-likeness (QED) is 0.223. The molecule has 1 atom stereocenters. The molecule has 0 radical (unpaired) electrons. The number of piperazine rings is 1. The van der Waals surface area contributed by atoms with Gasteiger partial charge in [-0.2, -0.15) is 0 Å². The predicted molar refractivity (Wildman–Crippen MR) is 129 cm³/mol. The number of ether oxygens (including phenoxy) is 1. The maximum Gasteiger partial charge on any atom is 0.190 e. The number of hydrogen-bond acceptors (Lipinski definition) is 4. The largest absolute Gasteiger partial charge is 0.494 e. The van der Waals surface area contributed by atoms with Crippen molar-refractivity contribution in [2.24, 2.45) is 10.9 Å². The van der Waals surface area contributed by atoms with Crippen molar-refractivity contribution in [2.75, 3.05) is 66.0 Å². The molecule has 6 nitrogen and oxygen atoms in total. The molecule has 0 spiro atoms. The second-order valence-corrected chi connectivity index (χ2v) is 7.24. The molecule has 0 bridgehead atoms. The van der Waals surface area contributed by atoms with Gasteiger partial charge in [-0.1, -0.05) is 32.0 Å². The van der Waals surface area contributed by atoms with Gasteiger partial charge in [-0.15, -0.1) is 24.0 Å². The van der Waals surface area contributed by atoms with Crippen molar-refractivity contribution in [3.05, 3.63) is 30.3 Å². The first-order valence-electron chi connectivity index (χ1n) is 10.3. The van der Waals surface area contributed by atoms with Crippen LogP contribution in [0.2, 0.25) is 0 Å². The minimum Gasteiger partial charge on any atom is -0.494 e. The summed E-state index contributed by atoms with van der Waals surface area (Å²) in [5.41, 5.74) is 0. The molecule has 0 saturated carbocycles. The van der Waals surface area contributed by atoms with E-state index in [4.69, 9.17) is 4.74 Å². The lowest BCUT2D eigenvalue weighted by molar-refractivity contribution is 0.124. The van der Waals surface area contributed by atoms with E-state index >= 15 is 0 Å². The summed E-state index contributed by atoms with van der Waals surface area (Å²) >= 11 is 0. The summed E-state index contributed by atoms with van der Waals surface area (Å²) < 4.78 is 5.71. The summed E-state index contributed by atoms with van der Waals surface area (Å²) in [5, 5.41) is 6.82. The molecule has 1 aromatic carbocycles. The number of guanidine groups is 1. The molecular formula is C21H38IN5O. The third-order valence-electron chi connectivity index (χ3n) is 4.95. The molecule has 1 aromatic rings. The Labute approximate surface area is 188 Å². The van der Waals surface area contributed by atoms with Crippen LogP contribution in [0.4, 0.5) is 0 Å². The van der Waals surface area contributed by atoms with E-state index in [1.54, 1.807) is 0 Å². The average molecular weight is 503 g/mol. The third kappa shape index (κ3) is 9.93. The number of nitrogens with zero attached hydrogens (tertiary/aromatic N) is 3. The summed E-state index contributed by atoms with van der Waals surface area (Å²) in [4.78, 5) is 9.42. The summed E-state index contributed by atoms with van der Waals surface area (Å²) in [6, 6.07) is 9.94. The molecule has 0 amide bonds. The fourth-order valence-corrected chi connectivity index (χ4v) is 3.27. The summed E-state index contributed by atoms with van der Waals surface area (Å²) in [7, 11) is 1.82. The van der Waals surface area contributed by atoms with Crippen LogP contribution in [0, 0.1) is 5.92 Å². The minimum absolute atomic E-state index is 0. The van der Waals surface area contributed by atoms with Gasteiger partial charge in [0.15, 0.2) is 5.96 Å². The third-order valence-corrected chi connectivity index (χ3v) is 4.95. The van der Waals surface area contributed by atoms with Gasteiger partial charge in [0.2, 0.25) is 0 Å². The maximum atomic E-state index is 5.71. The van der Waals surface area contributed by atoms with Crippen molar-refractivity contribution in [1.29, 1.82) is 0 Å². The van der Waals surface area contributed by atoms with E-state index in [9.17, 15) is 0 Å². The molecule has 1 aliphatic heterocycles. The zero-order chi connectivity index (χ0) is 19.3. The standard InChI is InChI=1S/C21H37N5O.HI/c1-4-25-12-14-26(15-13-25)18-19(2)17-24-21(22-3)23-11-8-16-27-20-9-6-5-7-10-20;/h5-7,9-10,19H,4,8,11-18H2,1-3H3,(H2,22,23,24);1H. The van der Waals surface area contributed by atoms with Crippen molar-refractivity contribution in [1.82, 2.24) is 20.4 Å². The monoisotopic (exact) mass is 503 g/mol. The number of aliphatic imine (C=N–C) groups is 1. The van der Waals surface area contributed by atoms with E-state index in [1.165, 1.54) is 32.7 Å². The topological polar surface area (TPSA) is 52.1 Å². The number of benzene rings is 1. The van der Waals surface area contributed by atoms with Crippen LogP contribution in [-0.4, -0.2) is 81.8 Å². The molecule has 1 fully saturated rings. The van der Waals surface area contributed by atoms with Gasteiger partial charge in [0.25, 0.3) is 0 Å². The second-order valence-electron chi connectivity index (χ2n) is 7.24. The molecular weight excluding hydrogens is 465 g/mol. The highest BCUT2D eigenvalue weighted by molar-refractivity contribution is 14.0. The predicted octanol–water partition coefficient (Wildman–Crippen LogP) is 2.51. The Morgan fingerprint density at radius 2 is 1.79 bits per heavy atom. The number of hydrogen-bond donors (Lipinski definition) is 2. The maximum absolute atomic E-state index is 5.71. The number of para-hydroxylation sites is 1. The molecule has 0 aromatic heterocycles. The Morgan fingerprint density at radius 3 is 2.43 bits per heavy atom. The molecule has 1 unspecified atom stereocenters. The van der Waals surface area contributed by atoms with Crippen LogP contribution in [0.1, 0.15) is 20.3 Å².